The summed E-state index contributed by atoms with van der Waals surface area (Å²) >= 11 is 0. The fourth-order valence-electron chi connectivity index (χ4n) is 5.36. The number of nitrogens with two attached hydrogens (primary N) is 1. The number of esters is 1. The molecular weight excluding hydrogens is 542 g/mol. The molecule has 2 heterocycles. The van der Waals surface area contributed by atoms with Crippen LogP contribution in [0.5, 0.6) is 0 Å². The zero-order chi connectivity index (χ0) is 29.7. The molecule has 11 heteroatoms. The van der Waals surface area contributed by atoms with Crippen molar-refractivity contribution in [2.45, 2.75) is 63.1 Å². The fourth-order valence-corrected chi connectivity index (χ4v) is 6.60. The van der Waals surface area contributed by atoms with Crippen molar-refractivity contribution >= 4 is 27.7 Å². The normalized spacial score (nSPS) is 18.3. The van der Waals surface area contributed by atoms with Crippen molar-refractivity contribution in [3.63, 3.8) is 0 Å². The first kappa shape index (κ1) is 30.4. The monoisotopic (exact) mass is 581 g/mol. The van der Waals surface area contributed by atoms with E-state index in [-0.39, 0.29) is 30.3 Å². The first-order valence-electron chi connectivity index (χ1n) is 13.9. The summed E-state index contributed by atoms with van der Waals surface area (Å²) in [6, 6.07) is 9.82. The Kier molecular flexibility index (Phi) is 9.62. The van der Waals surface area contributed by atoms with Gasteiger partial charge in [0.25, 0.3) is 0 Å². The number of benzene rings is 2. The van der Waals surface area contributed by atoms with E-state index in [1.807, 2.05) is 26.1 Å². The Hall–Kier alpha value is -3.54. The van der Waals surface area contributed by atoms with Crippen molar-refractivity contribution in [3.05, 3.63) is 76.4 Å². The molecule has 2 aromatic rings. The van der Waals surface area contributed by atoms with E-state index in [0.29, 0.717) is 24.1 Å². The summed E-state index contributed by atoms with van der Waals surface area (Å²) in [6.07, 6.45) is 3.82. The second-order valence-corrected chi connectivity index (χ2v) is 12.3. The molecule has 220 valence electrons. The van der Waals surface area contributed by atoms with Gasteiger partial charge in [0, 0.05) is 25.2 Å². The molecule has 0 aliphatic carbocycles. The van der Waals surface area contributed by atoms with Gasteiger partial charge in [-0.2, -0.15) is 4.72 Å². The number of nitrogens with one attached hydrogen (secondary N) is 2. The summed E-state index contributed by atoms with van der Waals surface area (Å²) < 4.78 is 35.4. The van der Waals surface area contributed by atoms with Gasteiger partial charge in [-0.25, -0.2) is 13.2 Å². The highest BCUT2D eigenvalue weighted by atomic mass is 32.2. The Balaban J connectivity index is 1.69. The second-order valence-electron chi connectivity index (χ2n) is 10.6. The van der Waals surface area contributed by atoms with Crippen LogP contribution in [0.4, 0.5) is 0 Å². The molecule has 1 amide bonds. The number of amidine groups is 1. The number of nitrogens with zero attached hydrogens (tertiary/aromatic N) is 2. The Labute approximate surface area is 242 Å². The van der Waals surface area contributed by atoms with Gasteiger partial charge in [0.1, 0.15) is 17.9 Å². The molecule has 0 spiro atoms. The number of carbonyl (C=O) groups excluding carboxylic acids is 2. The first-order chi connectivity index (χ1) is 19.5. The average Bonchev–Trinajstić information content (AvgIpc) is 2.95. The van der Waals surface area contributed by atoms with Crippen molar-refractivity contribution in [3.8, 4) is 0 Å². The number of carbonyl (C=O) groups is 2. The van der Waals surface area contributed by atoms with Crippen molar-refractivity contribution < 1.29 is 22.7 Å². The third-order valence-corrected chi connectivity index (χ3v) is 9.14. The van der Waals surface area contributed by atoms with Gasteiger partial charge in [0.2, 0.25) is 15.9 Å². The van der Waals surface area contributed by atoms with E-state index in [2.05, 4.69) is 9.62 Å². The summed E-state index contributed by atoms with van der Waals surface area (Å²) in [5, 5.41) is 7.79. The fraction of sp³-hybridized carbons (Fsp3) is 0.433. The molecule has 1 unspecified atom stereocenters. The summed E-state index contributed by atoms with van der Waals surface area (Å²) in [6.45, 7) is 5.57. The van der Waals surface area contributed by atoms with Crippen molar-refractivity contribution in [1.29, 1.82) is 5.41 Å². The Morgan fingerprint density at radius 2 is 1.95 bits per heavy atom. The lowest BCUT2D eigenvalue weighted by Gasteiger charge is -2.36. The van der Waals surface area contributed by atoms with Gasteiger partial charge < -0.3 is 20.3 Å². The van der Waals surface area contributed by atoms with Crippen LogP contribution in [0.3, 0.4) is 0 Å². The van der Waals surface area contributed by atoms with Gasteiger partial charge in [-0.15, -0.1) is 0 Å². The molecule has 0 bridgehead atoms. The van der Waals surface area contributed by atoms with Gasteiger partial charge in [-0.05, 0) is 74.5 Å². The number of hydrogen-bond donors (Lipinski definition) is 3. The highest BCUT2D eigenvalue weighted by molar-refractivity contribution is 7.89. The molecule has 0 saturated carbocycles. The molecule has 4 rings (SSSR count). The van der Waals surface area contributed by atoms with Gasteiger partial charge in [-0.1, -0.05) is 42.8 Å². The maximum atomic E-state index is 14.1. The number of likely N-dealkylation sites (N-methyl/N-ethyl adjacent to an activating group) is 1. The van der Waals surface area contributed by atoms with Crippen molar-refractivity contribution in [2.75, 3.05) is 26.7 Å². The summed E-state index contributed by atoms with van der Waals surface area (Å²) in [5.41, 5.74) is 9.86. The molecule has 0 saturated heterocycles. The molecule has 0 radical (unpaired) electrons. The van der Waals surface area contributed by atoms with Crippen LogP contribution < -0.4 is 10.5 Å². The highest BCUT2D eigenvalue weighted by Crippen LogP contribution is 2.25. The zero-order valence-electron chi connectivity index (χ0n) is 23.9. The number of ether oxygens (including phenoxy) is 1. The van der Waals surface area contributed by atoms with E-state index < -0.39 is 34.0 Å². The van der Waals surface area contributed by atoms with Crippen LogP contribution >= 0.6 is 0 Å². The number of nitrogen functional groups attached to an aromatic ring is 1. The van der Waals surface area contributed by atoms with Gasteiger partial charge >= 0.3 is 5.97 Å². The molecule has 0 aromatic heterocycles. The Morgan fingerprint density at radius 3 is 2.66 bits per heavy atom. The average molecular weight is 582 g/mol. The topological polar surface area (TPSA) is 146 Å². The minimum Gasteiger partial charge on any atom is -0.464 e. The Bertz CT molecular complexity index is 1450. The summed E-state index contributed by atoms with van der Waals surface area (Å²) in [5.74, 6) is -1.17. The molecule has 2 aliphatic rings. The molecule has 41 heavy (non-hydrogen) atoms. The van der Waals surface area contributed by atoms with Crippen LogP contribution in [-0.4, -0.2) is 74.8 Å². The summed E-state index contributed by atoms with van der Waals surface area (Å²) in [4.78, 5) is 30.6. The quantitative estimate of drug-likeness (QED) is 0.169. The third kappa shape index (κ3) is 7.22. The third-order valence-electron chi connectivity index (χ3n) is 7.67. The number of sulfonamides is 1. The van der Waals surface area contributed by atoms with Crippen LogP contribution in [-0.2, 0) is 43.7 Å². The van der Waals surface area contributed by atoms with Gasteiger partial charge in [-0.3, -0.25) is 10.2 Å². The minimum absolute atomic E-state index is 0.00323. The Morgan fingerprint density at radius 1 is 1.17 bits per heavy atom. The molecular formula is C30H39N5O5S. The summed E-state index contributed by atoms with van der Waals surface area (Å²) in [7, 11) is -2.13. The van der Waals surface area contributed by atoms with Crippen molar-refractivity contribution in [1.82, 2.24) is 14.5 Å². The van der Waals surface area contributed by atoms with Crippen LogP contribution in [0.15, 0.2) is 59.0 Å². The van der Waals surface area contributed by atoms with Crippen LogP contribution in [0, 0.1) is 5.41 Å². The van der Waals surface area contributed by atoms with E-state index in [0.717, 1.165) is 36.1 Å². The number of hydrogen-bond acceptors (Lipinski definition) is 7. The maximum Gasteiger partial charge on any atom is 0.329 e. The van der Waals surface area contributed by atoms with E-state index in [1.165, 1.54) is 4.90 Å². The smallest absolute Gasteiger partial charge is 0.329 e. The molecule has 0 fully saturated rings. The largest absolute Gasteiger partial charge is 0.464 e. The van der Waals surface area contributed by atoms with Crippen LogP contribution in [0.25, 0.3) is 0 Å². The highest BCUT2D eigenvalue weighted by Gasteiger charge is 2.38. The first-order valence-corrected chi connectivity index (χ1v) is 15.4. The number of rotatable bonds is 10. The maximum absolute atomic E-state index is 14.1. The lowest BCUT2D eigenvalue weighted by Crippen LogP contribution is -2.56. The molecule has 2 atom stereocenters. The number of amides is 1. The standard InChI is InChI=1S/C30H39N5O5S/c1-4-20-11-14-35(27(17-20)30(37)40-5-2)29(36)26(16-21-7-6-8-23(15-21)28(31)32)33-41(38,39)25-10-9-22-12-13-34(3)19-24(22)18-25/h6-11,15,18,26-27,33H,4-5,12-14,16-17,19H2,1-3H3,(H3,31,32)/t26-,27?/m0/s1. The molecule has 4 N–H and O–H groups in total. The minimum atomic E-state index is -4.12. The van der Waals surface area contributed by atoms with E-state index >= 15 is 0 Å². The predicted molar refractivity (Wildman–Crippen MR) is 157 cm³/mol. The van der Waals surface area contributed by atoms with Gasteiger partial charge in [0.15, 0.2) is 0 Å². The van der Waals surface area contributed by atoms with E-state index in [1.54, 1.807) is 43.3 Å². The van der Waals surface area contributed by atoms with Crippen molar-refractivity contribution in [2.24, 2.45) is 5.73 Å². The second kappa shape index (κ2) is 13.0. The molecule has 10 nitrogen and oxygen atoms in total. The van der Waals surface area contributed by atoms with E-state index in [9.17, 15) is 18.0 Å². The number of fused-ring (bicyclic) bond motifs is 1. The van der Waals surface area contributed by atoms with Crippen LogP contribution in [0.2, 0.25) is 0 Å². The van der Waals surface area contributed by atoms with Gasteiger partial charge in [0.05, 0.1) is 11.5 Å². The van der Waals surface area contributed by atoms with E-state index in [4.69, 9.17) is 15.9 Å². The SMILES string of the molecule is CCOC(=O)C1CC(CC)=CCN1C(=O)[C@H](Cc1cccc(C(=N)N)c1)NS(=O)(=O)c1ccc2c(c1)CN(C)CC2. The molecule has 2 aliphatic heterocycles. The lowest BCUT2D eigenvalue weighted by atomic mass is 9.96. The van der Waals surface area contributed by atoms with Crippen LogP contribution in [0.1, 0.15) is 48.9 Å². The zero-order valence-corrected chi connectivity index (χ0v) is 24.7. The molecule has 2 aromatic carbocycles. The lowest BCUT2D eigenvalue weighted by molar-refractivity contribution is -0.155. The predicted octanol–water partition coefficient (Wildman–Crippen LogP) is 2.35.